The molecule has 1 heterocycles. The standard InChI is InChI=1S/C13H22ClN3/c1-3-5-6-10(4-2)8-16-13-12(15)7-11(14)9-17-13/h7,9-10H,3-6,8,15H2,1-2H3,(H,16,17). The van der Waals surface area contributed by atoms with E-state index in [4.69, 9.17) is 17.3 Å². The molecule has 0 aliphatic carbocycles. The second kappa shape index (κ2) is 7.38. The third-order valence-electron chi connectivity index (χ3n) is 2.99. The van der Waals surface area contributed by atoms with E-state index in [2.05, 4.69) is 24.1 Å². The van der Waals surface area contributed by atoms with E-state index in [0.29, 0.717) is 16.6 Å². The van der Waals surface area contributed by atoms with Gasteiger partial charge in [-0.05, 0) is 18.4 Å². The van der Waals surface area contributed by atoms with Gasteiger partial charge in [0.05, 0.1) is 10.7 Å². The first-order valence-electron chi connectivity index (χ1n) is 6.32. The molecular weight excluding hydrogens is 234 g/mol. The quantitative estimate of drug-likeness (QED) is 0.776. The van der Waals surface area contributed by atoms with E-state index in [1.54, 1.807) is 12.3 Å². The van der Waals surface area contributed by atoms with Gasteiger partial charge in [-0.2, -0.15) is 0 Å². The Kier molecular flexibility index (Phi) is 6.12. The normalized spacial score (nSPS) is 12.4. The average Bonchev–Trinajstić information content (AvgIpc) is 2.31. The topological polar surface area (TPSA) is 50.9 Å². The maximum absolute atomic E-state index is 5.84. The van der Waals surface area contributed by atoms with E-state index in [1.165, 1.54) is 25.7 Å². The molecule has 0 amide bonds. The Bertz CT molecular complexity index is 341. The number of hydrogen-bond acceptors (Lipinski definition) is 3. The molecule has 3 nitrogen and oxygen atoms in total. The van der Waals surface area contributed by atoms with Gasteiger partial charge in [-0.25, -0.2) is 4.98 Å². The summed E-state index contributed by atoms with van der Waals surface area (Å²) in [6.07, 6.45) is 6.59. The van der Waals surface area contributed by atoms with Crippen LogP contribution in [0.1, 0.15) is 39.5 Å². The number of nitrogens with one attached hydrogen (secondary N) is 1. The summed E-state index contributed by atoms with van der Waals surface area (Å²) in [5, 5.41) is 3.88. The number of halogens is 1. The molecule has 1 unspecified atom stereocenters. The maximum Gasteiger partial charge on any atom is 0.149 e. The van der Waals surface area contributed by atoms with Crippen molar-refractivity contribution in [3.63, 3.8) is 0 Å². The fraction of sp³-hybridized carbons (Fsp3) is 0.615. The van der Waals surface area contributed by atoms with Crippen molar-refractivity contribution in [1.82, 2.24) is 4.98 Å². The first-order valence-corrected chi connectivity index (χ1v) is 6.70. The van der Waals surface area contributed by atoms with Gasteiger partial charge in [0.15, 0.2) is 0 Å². The van der Waals surface area contributed by atoms with Gasteiger partial charge in [0.2, 0.25) is 0 Å². The zero-order chi connectivity index (χ0) is 12.7. The summed E-state index contributed by atoms with van der Waals surface area (Å²) in [5.74, 6) is 1.43. The minimum absolute atomic E-state index is 0.575. The van der Waals surface area contributed by atoms with E-state index in [-0.39, 0.29) is 0 Å². The van der Waals surface area contributed by atoms with E-state index < -0.39 is 0 Å². The number of hydrogen-bond donors (Lipinski definition) is 2. The van der Waals surface area contributed by atoms with Crippen molar-refractivity contribution in [2.45, 2.75) is 39.5 Å². The average molecular weight is 256 g/mol. The molecule has 0 saturated carbocycles. The van der Waals surface area contributed by atoms with Gasteiger partial charge in [0, 0.05) is 12.7 Å². The van der Waals surface area contributed by atoms with Crippen molar-refractivity contribution in [3.8, 4) is 0 Å². The van der Waals surface area contributed by atoms with Gasteiger partial charge in [0.1, 0.15) is 5.82 Å². The molecule has 0 bridgehead atoms. The third kappa shape index (κ3) is 4.82. The zero-order valence-electron chi connectivity index (χ0n) is 10.7. The molecule has 17 heavy (non-hydrogen) atoms. The molecule has 96 valence electrons. The lowest BCUT2D eigenvalue weighted by atomic mass is 9.99. The Hall–Kier alpha value is -0.960. The van der Waals surface area contributed by atoms with E-state index >= 15 is 0 Å². The minimum Gasteiger partial charge on any atom is -0.396 e. The monoisotopic (exact) mass is 255 g/mol. The molecule has 1 atom stereocenters. The summed E-state index contributed by atoms with van der Waals surface area (Å²) >= 11 is 5.81. The Morgan fingerprint density at radius 2 is 2.24 bits per heavy atom. The maximum atomic E-state index is 5.84. The second-order valence-corrected chi connectivity index (χ2v) is 4.83. The molecule has 0 saturated heterocycles. The van der Waals surface area contributed by atoms with Crippen molar-refractivity contribution in [1.29, 1.82) is 0 Å². The van der Waals surface area contributed by atoms with Crippen molar-refractivity contribution >= 4 is 23.1 Å². The number of rotatable bonds is 7. The van der Waals surface area contributed by atoms with Crippen LogP contribution in [0.3, 0.4) is 0 Å². The van der Waals surface area contributed by atoms with E-state index in [1.807, 2.05) is 0 Å². The van der Waals surface area contributed by atoms with Gasteiger partial charge in [-0.3, -0.25) is 0 Å². The lowest BCUT2D eigenvalue weighted by molar-refractivity contribution is 0.472. The van der Waals surface area contributed by atoms with Gasteiger partial charge < -0.3 is 11.1 Å². The highest BCUT2D eigenvalue weighted by atomic mass is 35.5. The zero-order valence-corrected chi connectivity index (χ0v) is 11.4. The predicted octanol–water partition coefficient (Wildman–Crippen LogP) is 3.95. The van der Waals surface area contributed by atoms with Crippen LogP contribution in [0, 0.1) is 5.92 Å². The highest BCUT2D eigenvalue weighted by Crippen LogP contribution is 2.20. The van der Waals surface area contributed by atoms with Gasteiger partial charge >= 0.3 is 0 Å². The summed E-state index contributed by atoms with van der Waals surface area (Å²) in [4.78, 5) is 4.20. The van der Waals surface area contributed by atoms with Crippen LogP contribution in [0.5, 0.6) is 0 Å². The summed E-state index contributed by atoms with van der Waals surface area (Å²) in [6, 6.07) is 1.73. The Balaban J connectivity index is 2.47. The van der Waals surface area contributed by atoms with Crippen LogP contribution in [0.4, 0.5) is 11.5 Å². The number of nitrogens with two attached hydrogens (primary N) is 1. The number of aromatic nitrogens is 1. The summed E-state index contributed by atoms with van der Waals surface area (Å²) in [6.45, 7) is 5.37. The lowest BCUT2D eigenvalue weighted by Crippen LogP contribution is -2.15. The molecule has 0 aliphatic rings. The Labute approximate surface area is 109 Å². The number of anilines is 2. The predicted molar refractivity (Wildman–Crippen MR) is 75.5 cm³/mol. The van der Waals surface area contributed by atoms with Crippen LogP contribution in [0.25, 0.3) is 0 Å². The van der Waals surface area contributed by atoms with Crippen LogP contribution >= 0.6 is 11.6 Å². The molecule has 0 aliphatic heterocycles. The molecule has 0 spiro atoms. The second-order valence-electron chi connectivity index (χ2n) is 4.39. The summed E-state index contributed by atoms with van der Waals surface area (Å²) < 4.78 is 0. The molecule has 4 heteroatoms. The van der Waals surface area contributed by atoms with Gasteiger partial charge in [-0.1, -0.05) is 44.7 Å². The molecule has 1 aromatic heterocycles. The van der Waals surface area contributed by atoms with Crippen LogP contribution in [0.15, 0.2) is 12.3 Å². The fourth-order valence-electron chi connectivity index (χ4n) is 1.79. The largest absolute Gasteiger partial charge is 0.396 e. The van der Waals surface area contributed by atoms with Crippen LogP contribution in [-0.2, 0) is 0 Å². The van der Waals surface area contributed by atoms with Crippen molar-refractivity contribution in [3.05, 3.63) is 17.3 Å². The highest BCUT2D eigenvalue weighted by Gasteiger charge is 2.07. The Morgan fingerprint density at radius 1 is 1.47 bits per heavy atom. The van der Waals surface area contributed by atoms with Crippen LogP contribution in [-0.4, -0.2) is 11.5 Å². The number of nitrogen functional groups attached to an aromatic ring is 1. The molecule has 1 aromatic rings. The summed E-state index contributed by atoms with van der Waals surface area (Å²) in [5.41, 5.74) is 6.45. The lowest BCUT2D eigenvalue weighted by Gasteiger charge is -2.16. The molecule has 1 rings (SSSR count). The smallest absolute Gasteiger partial charge is 0.149 e. The first-order chi connectivity index (χ1) is 8.17. The fourth-order valence-corrected chi connectivity index (χ4v) is 1.95. The molecule has 0 radical (unpaired) electrons. The summed E-state index contributed by atoms with van der Waals surface area (Å²) in [7, 11) is 0. The van der Waals surface area contributed by atoms with Crippen molar-refractivity contribution < 1.29 is 0 Å². The Morgan fingerprint density at radius 3 is 2.82 bits per heavy atom. The van der Waals surface area contributed by atoms with Gasteiger partial charge in [-0.15, -0.1) is 0 Å². The van der Waals surface area contributed by atoms with Crippen molar-refractivity contribution in [2.75, 3.05) is 17.6 Å². The van der Waals surface area contributed by atoms with Crippen LogP contribution in [0.2, 0.25) is 5.02 Å². The first kappa shape index (κ1) is 14.1. The molecule has 0 fully saturated rings. The number of pyridine rings is 1. The van der Waals surface area contributed by atoms with E-state index in [0.717, 1.165) is 12.4 Å². The molecule has 3 N–H and O–H groups in total. The van der Waals surface area contributed by atoms with Crippen LogP contribution < -0.4 is 11.1 Å². The van der Waals surface area contributed by atoms with Gasteiger partial charge in [0.25, 0.3) is 0 Å². The minimum atomic E-state index is 0.575. The SMILES string of the molecule is CCCCC(CC)CNc1ncc(Cl)cc1N. The third-order valence-corrected chi connectivity index (χ3v) is 3.19. The number of unbranched alkanes of at least 4 members (excludes halogenated alkanes) is 1. The molecule has 0 aromatic carbocycles. The highest BCUT2D eigenvalue weighted by molar-refractivity contribution is 6.30. The molecular formula is C13H22ClN3. The number of nitrogens with zero attached hydrogens (tertiary/aromatic N) is 1. The van der Waals surface area contributed by atoms with E-state index in [9.17, 15) is 0 Å². The van der Waals surface area contributed by atoms with Crippen molar-refractivity contribution in [2.24, 2.45) is 5.92 Å².